The Morgan fingerprint density at radius 3 is 2.95 bits per heavy atom. The van der Waals surface area contributed by atoms with Crippen LogP contribution in [-0.4, -0.2) is 40.0 Å². The lowest BCUT2D eigenvalue weighted by Gasteiger charge is -2.28. The molecule has 2 aliphatic rings. The van der Waals surface area contributed by atoms with Crippen molar-refractivity contribution in [2.75, 3.05) is 13.1 Å². The number of nitrogens with one attached hydrogen (secondary N) is 2. The molecule has 1 aliphatic heterocycles. The maximum atomic E-state index is 12.4. The first-order valence-corrected chi connectivity index (χ1v) is 8.69. The molecule has 6 nitrogen and oxygen atoms in total. The quantitative estimate of drug-likeness (QED) is 0.891. The molecule has 1 amide bonds. The highest BCUT2D eigenvalue weighted by Crippen LogP contribution is 2.26. The minimum Gasteiger partial charge on any atom is -0.348 e. The Bertz CT molecular complexity index is 494. The van der Waals surface area contributed by atoms with Gasteiger partial charge in [-0.1, -0.05) is 31.4 Å². The van der Waals surface area contributed by atoms with Gasteiger partial charge in [0, 0.05) is 6.04 Å². The molecule has 2 atom stereocenters. The van der Waals surface area contributed by atoms with Crippen LogP contribution in [0.25, 0.3) is 0 Å². The van der Waals surface area contributed by atoms with E-state index in [1.807, 2.05) is 10.9 Å². The summed E-state index contributed by atoms with van der Waals surface area (Å²) in [6.45, 7) is 4.25. The Morgan fingerprint density at radius 1 is 1.36 bits per heavy atom. The monoisotopic (exact) mass is 305 g/mol. The predicted molar refractivity (Wildman–Crippen MR) is 84.7 cm³/mol. The second-order valence-electron chi connectivity index (χ2n) is 6.68. The van der Waals surface area contributed by atoms with Crippen molar-refractivity contribution in [3.05, 3.63) is 11.9 Å². The van der Waals surface area contributed by atoms with E-state index in [-0.39, 0.29) is 5.91 Å². The van der Waals surface area contributed by atoms with Gasteiger partial charge in [0.2, 0.25) is 0 Å². The number of carbonyl (C=O) groups is 1. The van der Waals surface area contributed by atoms with Crippen molar-refractivity contribution < 1.29 is 4.79 Å². The summed E-state index contributed by atoms with van der Waals surface area (Å²) in [5.74, 6) is 0.686. The number of nitrogens with zero attached hydrogens (tertiary/aromatic N) is 3. The summed E-state index contributed by atoms with van der Waals surface area (Å²) in [6.07, 6.45) is 9.81. The molecule has 22 heavy (non-hydrogen) atoms. The summed E-state index contributed by atoms with van der Waals surface area (Å²) < 4.78 is 1.87. The van der Waals surface area contributed by atoms with Crippen LogP contribution in [0.15, 0.2) is 6.20 Å². The van der Waals surface area contributed by atoms with Crippen molar-refractivity contribution in [2.45, 2.75) is 64.0 Å². The third-order valence-electron chi connectivity index (χ3n) is 5.12. The average Bonchev–Trinajstić information content (AvgIpc) is 3.06. The molecule has 2 fully saturated rings. The van der Waals surface area contributed by atoms with Crippen LogP contribution in [0.1, 0.15) is 68.4 Å². The lowest BCUT2D eigenvalue weighted by Crippen LogP contribution is -2.38. The van der Waals surface area contributed by atoms with E-state index in [9.17, 15) is 4.79 Å². The topological polar surface area (TPSA) is 71.8 Å². The number of piperidine rings is 1. The maximum Gasteiger partial charge on any atom is 0.273 e. The first kappa shape index (κ1) is 15.5. The molecule has 1 saturated carbocycles. The van der Waals surface area contributed by atoms with Gasteiger partial charge in [-0.25, -0.2) is 4.68 Å². The van der Waals surface area contributed by atoms with Crippen LogP contribution in [0.4, 0.5) is 0 Å². The minimum atomic E-state index is -0.0677. The highest BCUT2D eigenvalue weighted by molar-refractivity contribution is 5.92. The van der Waals surface area contributed by atoms with Gasteiger partial charge in [0.25, 0.3) is 5.91 Å². The molecular formula is C16H27N5O. The van der Waals surface area contributed by atoms with Crippen LogP contribution in [-0.2, 0) is 0 Å². The van der Waals surface area contributed by atoms with Crippen LogP contribution in [0, 0.1) is 5.92 Å². The second kappa shape index (κ2) is 7.22. The van der Waals surface area contributed by atoms with Crippen LogP contribution in [0.3, 0.4) is 0 Å². The van der Waals surface area contributed by atoms with E-state index in [4.69, 9.17) is 0 Å². The van der Waals surface area contributed by atoms with Gasteiger partial charge in [0.15, 0.2) is 5.69 Å². The van der Waals surface area contributed by atoms with Gasteiger partial charge in [-0.2, -0.15) is 0 Å². The Balaban J connectivity index is 1.57. The van der Waals surface area contributed by atoms with Gasteiger partial charge in [0.05, 0.1) is 12.2 Å². The summed E-state index contributed by atoms with van der Waals surface area (Å²) in [5.41, 5.74) is 0.456. The minimum absolute atomic E-state index is 0.0677. The Kier molecular flexibility index (Phi) is 5.08. The fraction of sp³-hybridized carbons (Fsp3) is 0.812. The van der Waals surface area contributed by atoms with Gasteiger partial charge >= 0.3 is 0 Å². The summed E-state index contributed by atoms with van der Waals surface area (Å²) in [4.78, 5) is 12.4. The molecular weight excluding hydrogens is 278 g/mol. The van der Waals surface area contributed by atoms with Crippen LogP contribution < -0.4 is 10.6 Å². The molecule has 0 spiro atoms. The van der Waals surface area contributed by atoms with Gasteiger partial charge in [-0.15, -0.1) is 5.10 Å². The lowest BCUT2D eigenvalue weighted by molar-refractivity contribution is 0.0914. The molecule has 1 aromatic heterocycles. The van der Waals surface area contributed by atoms with E-state index in [1.165, 1.54) is 19.3 Å². The Labute approximate surface area is 132 Å². The summed E-state index contributed by atoms with van der Waals surface area (Å²) in [6, 6.07) is 0.671. The summed E-state index contributed by atoms with van der Waals surface area (Å²) >= 11 is 0. The van der Waals surface area contributed by atoms with Crippen molar-refractivity contribution >= 4 is 5.91 Å². The molecule has 0 bridgehead atoms. The zero-order chi connectivity index (χ0) is 15.4. The van der Waals surface area contributed by atoms with Gasteiger partial charge < -0.3 is 10.6 Å². The largest absolute Gasteiger partial charge is 0.348 e. The zero-order valence-corrected chi connectivity index (χ0v) is 13.4. The number of amides is 1. The van der Waals surface area contributed by atoms with Gasteiger partial charge in [-0.3, -0.25) is 4.79 Å². The summed E-state index contributed by atoms with van der Waals surface area (Å²) in [7, 11) is 0. The van der Waals surface area contributed by atoms with Crippen LogP contribution >= 0.6 is 0 Å². The predicted octanol–water partition coefficient (Wildman–Crippen LogP) is 1.90. The molecule has 2 heterocycles. The molecule has 3 rings (SSSR count). The van der Waals surface area contributed by atoms with E-state index < -0.39 is 0 Å². The first-order chi connectivity index (χ1) is 10.8. The fourth-order valence-electron chi connectivity index (χ4n) is 3.68. The van der Waals surface area contributed by atoms with Crippen molar-refractivity contribution in [3.63, 3.8) is 0 Å². The standard InChI is InChI=1S/C16H27N5O/c1-2-12-4-3-5-13(10-12)18-16(22)15-11-21(20-19-15)14-6-8-17-9-7-14/h11-14,17H,2-10H2,1H3,(H,18,22). The molecule has 1 saturated heterocycles. The van der Waals surface area contributed by atoms with Crippen molar-refractivity contribution in [1.29, 1.82) is 0 Å². The smallest absolute Gasteiger partial charge is 0.273 e. The van der Waals surface area contributed by atoms with E-state index in [0.29, 0.717) is 17.8 Å². The van der Waals surface area contributed by atoms with Crippen molar-refractivity contribution in [3.8, 4) is 0 Å². The highest BCUT2D eigenvalue weighted by Gasteiger charge is 2.24. The first-order valence-electron chi connectivity index (χ1n) is 8.69. The van der Waals surface area contributed by atoms with Crippen molar-refractivity contribution in [2.24, 2.45) is 5.92 Å². The number of hydrogen-bond donors (Lipinski definition) is 2. The van der Waals surface area contributed by atoms with Gasteiger partial charge in [0.1, 0.15) is 0 Å². The summed E-state index contributed by atoms with van der Waals surface area (Å²) in [5, 5.41) is 14.7. The van der Waals surface area contributed by atoms with E-state index in [0.717, 1.165) is 44.7 Å². The van der Waals surface area contributed by atoms with Crippen LogP contribution in [0.2, 0.25) is 0 Å². The molecule has 1 aliphatic carbocycles. The highest BCUT2D eigenvalue weighted by atomic mass is 16.2. The normalized spacial score (nSPS) is 26.8. The average molecular weight is 305 g/mol. The van der Waals surface area contributed by atoms with Crippen molar-refractivity contribution in [1.82, 2.24) is 25.6 Å². The third kappa shape index (κ3) is 3.66. The second-order valence-corrected chi connectivity index (χ2v) is 6.68. The van der Waals surface area contributed by atoms with E-state index in [1.54, 1.807) is 0 Å². The number of hydrogen-bond acceptors (Lipinski definition) is 4. The Hall–Kier alpha value is -1.43. The molecule has 1 aromatic rings. The van der Waals surface area contributed by atoms with E-state index >= 15 is 0 Å². The third-order valence-corrected chi connectivity index (χ3v) is 5.12. The molecule has 0 radical (unpaired) electrons. The molecule has 0 aromatic carbocycles. The molecule has 2 N–H and O–H groups in total. The van der Waals surface area contributed by atoms with Crippen LogP contribution in [0.5, 0.6) is 0 Å². The maximum absolute atomic E-state index is 12.4. The number of carbonyl (C=O) groups excluding carboxylic acids is 1. The zero-order valence-electron chi connectivity index (χ0n) is 13.4. The SMILES string of the molecule is CCC1CCCC(NC(=O)c2cn(C3CCNCC3)nn2)C1. The fourth-order valence-corrected chi connectivity index (χ4v) is 3.68. The molecule has 6 heteroatoms. The molecule has 2 unspecified atom stereocenters. The Morgan fingerprint density at radius 2 is 2.18 bits per heavy atom. The number of aromatic nitrogens is 3. The van der Waals surface area contributed by atoms with Gasteiger partial charge in [-0.05, 0) is 44.7 Å². The van der Waals surface area contributed by atoms with E-state index in [2.05, 4.69) is 27.9 Å². The lowest BCUT2D eigenvalue weighted by atomic mass is 9.84. The molecule has 122 valence electrons. The number of rotatable bonds is 4.